The maximum atomic E-state index is 12.8. The lowest BCUT2D eigenvalue weighted by Crippen LogP contribution is -2.45. The van der Waals surface area contributed by atoms with Gasteiger partial charge in [-0.3, -0.25) is 19.3 Å². The SMILES string of the molecule is CCCN(Cc1nnc(-c2cccs2)o1)C(=O)COC(=O)[C@H](C)N1C(=O)C2CCCCC2C1=O. The Balaban J connectivity index is 1.34. The number of hydrogen-bond acceptors (Lipinski definition) is 9. The molecule has 3 atom stereocenters. The van der Waals surface area contributed by atoms with Gasteiger partial charge in [-0.05, 0) is 37.6 Å². The molecule has 0 N–H and O–H groups in total. The molecule has 4 rings (SSSR count). The van der Waals surface area contributed by atoms with Crippen molar-refractivity contribution >= 4 is 35.0 Å². The number of ether oxygens (including phenoxy) is 1. The molecule has 1 saturated carbocycles. The second-order valence-electron chi connectivity index (χ2n) is 8.62. The van der Waals surface area contributed by atoms with E-state index in [9.17, 15) is 19.2 Å². The fraction of sp³-hybridized carbons (Fsp3) is 0.565. The van der Waals surface area contributed by atoms with Crippen LogP contribution in [0.4, 0.5) is 0 Å². The fourth-order valence-electron chi connectivity index (χ4n) is 4.56. The molecule has 0 spiro atoms. The number of rotatable bonds is 9. The van der Waals surface area contributed by atoms with E-state index in [0.29, 0.717) is 31.7 Å². The van der Waals surface area contributed by atoms with Crippen LogP contribution in [0.5, 0.6) is 0 Å². The minimum atomic E-state index is -1.07. The molecule has 11 heteroatoms. The Hall–Kier alpha value is -3.08. The van der Waals surface area contributed by atoms with E-state index < -0.39 is 24.5 Å². The quantitative estimate of drug-likeness (QED) is 0.390. The Bertz CT molecular complexity index is 1030. The molecule has 1 saturated heterocycles. The van der Waals surface area contributed by atoms with E-state index in [1.807, 2.05) is 24.4 Å². The summed E-state index contributed by atoms with van der Waals surface area (Å²) in [6.45, 7) is 3.38. The third kappa shape index (κ3) is 4.89. The molecule has 2 fully saturated rings. The van der Waals surface area contributed by atoms with Crippen LogP contribution < -0.4 is 0 Å². The number of likely N-dealkylation sites (tertiary alicyclic amines) is 1. The highest BCUT2D eigenvalue weighted by atomic mass is 32.1. The van der Waals surface area contributed by atoms with Crippen molar-refractivity contribution < 1.29 is 28.3 Å². The lowest BCUT2D eigenvalue weighted by Gasteiger charge is -2.23. The molecule has 2 aromatic rings. The van der Waals surface area contributed by atoms with Crippen molar-refractivity contribution in [2.45, 2.75) is 58.5 Å². The van der Waals surface area contributed by atoms with Gasteiger partial charge in [-0.2, -0.15) is 0 Å². The Morgan fingerprint density at radius 2 is 1.94 bits per heavy atom. The van der Waals surface area contributed by atoms with Crippen LogP contribution >= 0.6 is 11.3 Å². The Morgan fingerprint density at radius 3 is 2.56 bits per heavy atom. The summed E-state index contributed by atoms with van der Waals surface area (Å²) < 4.78 is 10.9. The van der Waals surface area contributed by atoms with E-state index in [-0.39, 0.29) is 36.1 Å². The lowest BCUT2D eigenvalue weighted by atomic mass is 9.81. The van der Waals surface area contributed by atoms with Crippen molar-refractivity contribution in [3.63, 3.8) is 0 Å². The standard InChI is InChI=1S/C23H28N4O6S/c1-3-10-26(12-18-24-25-20(33-18)17-9-6-11-34-17)19(28)13-32-23(31)14(2)27-21(29)15-7-4-5-8-16(15)22(27)30/h6,9,11,14-16H,3-5,7-8,10,12-13H2,1-2H3/t14-,15?,16?/m0/s1. The highest BCUT2D eigenvalue weighted by molar-refractivity contribution is 7.13. The molecule has 34 heavy (non-hydrogen) atoms. The average Bonchev–Trinajstić information content (AvgIpc) is 3.58. The van der Waals surface area contributed by atoms with E-state index in [0.717, 1.165) is 22.6 Å². The van der Waals surface area contributed by atoms with Gasteiger partial charge in [-0.25, -0.2) is 4.79 Å². The monoisotopic (exact) mass is 488 g/mol. The fourth-order valence-corrected chi connectivity index (χ4v) is 5.21. The third-order valence-electron chi connectivity index (χ3n) is 6.31. The molecule has 2 unspecified atom stereocenters. The van der Waals surface area contributed by atoms with Crippen LogP contribution in [0, 0.1) is 11.8 Å². The molecular formula is C23H28N4O6S. The average molecular weight is 489 g/mol. The van der Waals surface area contributed by atoms with Crippen molar-refractivity contribution in [2.24, 2.45) is 11.8 Å². The molecule has 0 radical (unpaired) electrons. The largest absolute Gasteiger partial charge is 0.454 e. The van der Waals surface area contributed by atoms with Crippen LogP contribution in [0.1, 0.15) is 51.8 Å². The van der Waals surface area contributed by atoms with Crippen LogP contribution in [0.15, 0.2) is 21.9 Å². The normalized spacial score (nSPS) is 20.8. The molecule has 3 amide bonds. The molecule has 182 valence electrons. The molecule has 2 aliphatic rings. The highest BCUT2D eigenvalue weighted by Gasteiger charge is 2.51. The summed E-state index contributed by atoms with van der Waals surface area (Å²) in [6, 6.07) is 2.67. The summed E-state index contributed by atoms with van der Waals surface area (Å²) in [5, 5.41) is 9.93. The van der Waals surface area contributed by atoms with Gasteiger partial charge in [0.15, 0.2) is 6.61 Å². The summed E-state index contributed by atoms with van der Waals surface area (Å²) in [5.74, 6) is -1.84. The Labute approximate surface area is 201 Å². The van der Waals surface area contributed by atoms with Gasteiger partial charge in [-0.1, -0.05) is 25.8 Å². The van der Waals surface area contributed by atoms with Crippen LogP contribution in [0.2, 0.25) is 0 Å². The molecule has 3 heterocycles. The zero-order valence-electron chi connectivity index (χ0n) is 19.3. The molecule has 2 aromatic heterocycles. The van der Waals surface area contributed by atoms with Crippen molar-refractivity contribution in [1.82, 2.24) is 20.0 Å². The molecule has 0 aromatic carbocycles. The smallest absolute Gasteiger partial charge is 0.329 e. The first-order chi connectivity index (χ1) is 16.4. The minimum absolute atomic E-state index is 0.0879. The van der Waals surface area contributed by atoms with Crippen LogP contribution in [0.25, 0.3) is 10.8 Å². The second kappa shape index (κ2) is 10.5. The number of carbonyl (C=O) groups excluding carboxylic acids is 4. The Morgan fingerprint density at radius 1 is 1.24 bits per heavy atom. The van der Waals surface area contributed by atoms with Crippen molar-refractivity contribution in [3.8, 4) is 10.8 Å². The molecule has 1 aliphatic heterocycles. The summed E-state index contributed by atoms with van der Waals surface area (Å²) >= 11 is 1.47. The van der Waals surface area contributed by atoms with Gasteiger partial charge in [0.05, 0.1) is 23.3 Å². The van der Waals surface area contributed by atoms with Gasteiger partial charge in [0, 0.05) is 6.54 Å². The predicted octanol–water partition coefficient (Wildman–Crippen LogP) is 2.64. The van der Waals surface area contributed by atoms with E-state index in [1.165, 1.54) is 23.2 Å². The van der Waals surface area contributed by atoms with Crippen LogP contribution in [-0.2, 0) is 30.5 Å². The number of aromatic nitrogens is 2. The van der Waals surface area contributed by atoms with Crippen molar-refractivity contribution in [1.29, 1.82) is 0 Å². The first-order valence-electron chi connectivity index (χ1n) is 11.6. The summed E-state index contributed by atoms with van der Waals surface area (Å²) in [7, 11) is 0. The molecule has 0 bridgehead atoms. The highest BCUT2D eigenvalue weighted by Crippen LogP contribution is 2.38. The van der Waals surface area contributed by atoms with Crippen LogP contribution in [-0.4, -0.2) is 62.9 Å². The number of fused-ring (bicyclic) bond motifs is 1. The number of amides is 3. The number of nitrogens with zero attached hydrogens (tertiary/aromatic N) is 4. The maximum Gasteiger partial charge on any atom is 0.329 e. The number of esters is 1. The summed E-state index contributed by atoms with van der Waals surface area (Å²) in [4.78, 5) is 54.2. The zero-order chi connectivity index (χ0) is 24.2. The maximum absolute atomic E-state index is 12.8. The van der Waals surface area contributed by atoms with Crippen molar-refractivity contribution in [3.05, 3.63) is 23.4 Å². The third-order valence-corrected chi connectivity index (χ3v) is 7.17. The van der Waals surface area contributed by atoms with E-state index in [2.05, 4.69) is 10.2 Å². The topological polar surface area (TPSA) is 123 Å². The van der Waals surface area contributed by atoms with Gasteiger partial charge in [0.2, 0.25) is 17.7 Å². The summed E-state index contributed by atoms with van der Waals surface area (Å²) in [5.41, 5.74) is 0. The summed E-state index contributed by atoms with van der Waals surface area (Å²) in [6.07, 6.45) is 3.83. The van der Waals surface area contributed by atoms with Crippen molar-refractivity contribution in [2.75, 3.05) is 13.2 Å². The number of carbonyl (C=O) groups is 4. The van der Waals surface area contributed by atoms with Gasteiger partial charge < -0.3 is 14.1 Å². The van der Waals surface area contributed by atoms with Gasteiger partial charge >= 0.3 is 5.97 Å². The second-order valence-corrected chi connectivity index (χ2v) is 9.57. The minimum Gasteiger partial charge on any atom is -0.454 e. The zero-order valence-corrected chi connectivity index (χ0v) is 20.1. The molecule has 10 nitrogen and oxygen atoms in total. The van der Waals surface area contributed by atoms with E-state index >= 15 is 0 Å². The lowest BCUT2D eigenvalue weighted by molar-refractivity contribution is -0.161. The van der Waals surface area contributed by atoms with E-state index in [4.69, 9.17) is 9.15 Å². The first-order valence-corrected chi connectivity index (χ1v) is 12.5. The molecule has 1 aliphatic carbocycles. The first kappa shape index (κ1) is 24.1. The van der Waals surface area contributed by atoms with E-state index in [1.54, 1.807) is 0 Å². The molecular weight excluding hydrogens is 460 g/mol. The van der Waals surface area contributed by atoms with Gasteiger partial charge in [0.1, 0.15) is 6.04 Å². The Kier molecular flexibility index (Phi) is 7.40. The van der Waals surface area contributed by atoms with Gasteiger partial charge in [-0.15, -0.1) is 21.5 Å². The van der Waals surface area contributed by atoms with Gasteiger partial charge in [0.25, 0.3) is 11.8 Å². The van der Waals surface area contributed by atoms with Crippen LogP contribution in [0.3, 0.4) is 0 Å². The number of hydrogen-bond donors (Lipinski definition) is 0. The number of thiophene rings is 1. The number of imide groups is 1. The predicted molar refractivity (Wildman–Crippen MR) is 121 cm³/mol.